The SMILES string of the molecule is COC(=O)Nc1cccc(C(=O)NOC(=O)CCCc2ccc(NC(=O)[C@H]3C[C@@H]3C)cc2)c1. The fourth-order valence-corrected chi connectivity index (χ4v) is 3.23. The summed E-state index contributed by atoms with van der Waals surface area (Å²) >= 11 is 0. The van der Waals surface area contributed by atoms with Crippen molar-refractivity contribution in [2.75, 3.05) is 17.7 Å². The zero-order valence-corrected chi connectivity index (χ0v) is 18.6. The Balaban J connectivity index is 1.36. The number of amides is 3. The largest absolute Gasteiger partial charge is 0.453 e. The van der Waals surface area contributed by atoms with E-state index in [2.05, 4.69) is 27.8 Å². The van der Waals surface area contributed by atoms with Crippen molar-refractivity contribution in [3.05, 3.63) is 59.7 Å². The van der Waals surface area contributed by atoms with E-state index in [0.717, 1.165) is 17.7 Å². The van der Waals surface area contributed by atoms with Gasteiger partial charge in [0.05, 0.1) is 7.11 Å². The van der Waals surface area contributed by atoms with Gasteiger partial charge in [0.2, 0.25) is 5.91 Å². The molecule has 0 spiro atoms. The van der Waals surface area contributed by atoms with Gasteiger partial charge in [0.1, 0.15) is 0 Å². The highest BCUT2D eigenvalue weighted by molar-refractivity contribution is 5.96. The molecule has 2 aromatic carbocycles. The average Bonchev–Trinajstić information content (AvgIpc) is 3.55. The van der Waals surface area contributed by atoms with Crippen molar-refractivity contribution in [1.82, 2.24) is 5.48 Å². The molecule has 3 rings (SSSR count). The molecule has 0 aliphatic heterocycles. The predicted molar refractivity (Wildman–Crippen MR) is 121 cm³/mol. The van der Waals surface area contributed by atoms with Gasteiger partial charge < -0.3 is 14.9 Å². The Labute approximate surface area is 191 Å². The Morgan fingerprint density at radius 3 is 2.39 bits per heavy atom. The van der Waals surface area contributed by atoms with Crippen LogP contribution in [0.15, 0.2) is 48.5 Å². The second-order valence-electron chi connectivity index (χ2n) is 7.96. The first kappa shape index (κ1) is 23.8. The Kier molecular flexibility index (Phi) is 8.01. The highest BCUT2D eigenvalue weighted by Crippen LogP contribution is 2.38. The molecule has 0 heterocycles. The Hall–Kier alpha value is -3.88. The topological polar surface area (TPSA) is 123 Å². The van der Waals surface area contributed by atoms with Gasteiger partial charge in [0, 0.05) is 29.3 Å². The van der Waals surface area contributed by atoms with Crippen molar-refractivity contribution < 1.29 is 28.8 Å². The van der Waals surface area contributed by atoms with E-state index in [1.165, 1.54) is 19.2 Å². The van der Waals surface area contributed by atoms with Crippen LogP contribution in [0.3, 0.4) is 0 Å². The lowest BCUT2D eigenvalue weighted by molar-refractivity contribution is -0.149. The highest BCUT2D eigenvalue weighted by Gasteiger charge is 2.39. The number of carbonyl (C=O) groups excluding carboxylic acids is 4. The number of methoxy groups -OCH3 is 1. The van der Waals surface area contributed by atoms with Gasteiger partial charge in [-0.05, 0) is 61.1 Å². The molecule has 33 heavy (non-hydrogen) atoms. The molecule has 3 amide bonds. The van der Waals surface area contributed by atoms with Crippen LogP contribution in [0.2, 0.25) is 0 Å². The standard InChI is InChI=1S/C24H27N3O6/c1-15-13-20(15)23(30)25-18-11-9-16(10-12-18)5-3-8-21(28)33-27-22(29)17-6-4-7-19(14-17)26-24(31)32-2/h4,6-7,9-12,14-15,20H,3,5,8,13H2,1-2H3,(H,25,30)(H,26,31)(H,27,29)/t15-,20-/m0/s1. The van der Waals surface area contributed by atoms with E-state index in [9.17, 15) is 19.2 Å². The molecular formula is C24H27N3O6. The summed E-state index contributed by atoms with van der Waals surface area (Å²) in [5, 5.41) is 5.36. The number of aryl methyl sites for hydroxylation is 1. The third-order valence-corrected chi connectivity index (χ3v) is 5.33. The number of rotatable bonds is 8. The second kappa shape index (κ2) is 11.1. The van der Waals surface area contributed by atoms with E-state index in [0.29, 0.717) is 24.4 Å². The smallest absolute Gasteiger partial charge is 0.411 e. The minimum absolute atomic E-state index is 0.0616. The summed E-state index contributed by atoms with van der Waals surface area (Å²) in [5.41, 5.74) is 4.48. The van der Waals surface area contributed by atoms with Gasteiger partial charge in [-0.15, -0.1) is 0 Å². The number of anilines is 2. The molecule has 1 saturated carbocycles. The van der Waals surface area contributed by atoms with Crippen LogP contribution >= 0.6 is 0 Å². The summed E-state index contributed by atoms with van der Waals surface area (Å²) in [4.78, 5) is 52.2. The molecule has 0 aromatic heterocycles. The number of nitrogens with one attached hydrogen (secondary N) is 3. The van der Waals surface area contributed by atoms with E-state index in [1.807, 2.05) is 24.3 Å². The molecule has 0 unspecified atom stereocenters. The summed E-state index contributed by atoms with van der Waals surface area (Å²) < 4.78 is 4.50. The maximum absolute atomic E-state index is 12.2. The minimum Gasteiger partial charge on any atom is -0.453 e. The van der Waals surface area contributed by atoms with Crippen LogP contribution in [0, 0.1) is 11.8 Å². The quantitative estimate of drug-likeness (QED) is 0.524. The normalized spacial score (nSPS) is 16.3. The Morgan fingerprint density at radius 1 is 1.00 bits per heavy atom. The van der Waals surface area contributed by atoms with Gasteiger partial charge in [-0.1, -0.05) is 25.1 Å². The van der Waals surface area contributed by atoms with Gasteiger partial charge in [-0.3, -0.25) is 14.9 Å². The molecule has 0 bridgehead atoms. The van der Waals surface area contributed by atoms with Crippen LogP contribution in [0.5, 0.6) is 0 Å². The summed E-state index contributed by atoms with van der Waals surface area (Å²) in [6.07, 6.45) is 1.60. The number of ether oxygens (including phenoxy) is 1. The second-order valence-corrected chi connectivity index (χ2v) is 7.96. The molecule has 3 N–H and O–H groups in total. The molecule has 2 atom stereocenters. The van der Waals surface area contributed by atoms with Crippen LogP contribution in [-0.2, 0) is 25.6 Å². The molecule has 2 aromatic rings. The summed E-state index contributed by atoms with van der Waals surface area (Å²) in [6, 6.07) is 13.6. The van der Waals surface area contributed by atoms with Crippen molar-refractivity contribution in [2.24, 2.45) is 11.8 Å². The lowest BCUT2D eigenvalue weighted by atomic mass is 10.1. The average molecular weight is 453 g/mol. The van der Waals surface area contributed by atoms with E-state index in [4.69, 9.17) is 4.84 Å². The molecule has 1 aliphatic carbocycles. The van der Waals surface area contributed by atoms with Gasteiger partial charge in [0.15, 0.2) is 0 Å². The third-order valence-electron chi connectivity index (χ3n) is 5.33. The molecule has 174 valence electrons. The lowest BCUT2D eigenvalue weighted by Crippen LogP contribution is -2.27. The monoisotopic (exact) mass is 453 g/mol. The van der Waals surface area contributed by atoms with Crippen LogP contribution in [0.1, 0.15) is 42.1 Å². The minimum atomic E-state index is -0.661. The number of hydrogen-bond donors (Lipinski definition) is 3. The highest BCUT2D eigenvalue weighted by atomic mass is 16.7. The summed E-state index contributed by atoms with van der Waals surface area (Å²) in [6.45, 7) is 2.06. The van der Waals surface area contributed by atoms with Crippen molar-refractivity contribution >= 4 is 35.3 Å². The maximum atomic E-state index is 12.2. The number of benzene rings is 2. The number of hydrogen-bond acceptors (Lipinski definition) is 6. The molecular weight excluding hydrogens is 426 g/mol. The van der Waals surface area contributed by atoms with Crippen LogP contribution in [-0.4, -0.2) is 31.0 Å². The van der Waals surface area contributed by atoms with Crippen molar-refractivity contribution in [3.63, 3.8) is 0 Å². The fraction of sp³-hybridized carbons (Fsp3) is 0.333. The molecule has 0 radical (unpaired) electrons. The number of hydroxylamine groups is 1. The zero-order chi connectivity index (χ0) is 23.8. The predicted octanol–water partition coefficient (Wildman–Crippen LogP) is 3.67. The Bertz CT molecular complexity index is 1020. The van der Waals surface area contributed by atoms with Crippen molar-refractivity contribution in [3.8, 4) is 0 Å². The van der Waals surface area contributed by atoms with E-state index in [-0.39, 0.29) is 23.8 Å². The molecule has 0 saturated heterocycles. The molecule has 9 heteroatoms. The number of carbonyl (C=O) groups is 4. The van der Waals surface area contributed by atoms with Crippen LogP contribution < -0.4 is 16.1 Å². The molecule has 9 nitrogen and oxygen atoms in total. The first-order chi connectivity index (χ1) is 15.9. The maximum Gasteiger partial charge on any atom is 0.411 e. The zero-order valence-electron chi connectivity index (χ0n) is 18.6. The third kappa shape index (κ3) is 7.34. The molecule has 1 aliphatic rings. The fourth-order valence-electron chi connectivity index (χ4n) is 3.23. The van der Waals surface area contributed by atoms with E-state index >= 15 is 0 Å². The van der Waals surface area contributed by atoms with Crippen LogP contribution in [0.4, 0.5) is 16.2 Å². The first-order valence-corrected chi connectivity index (χ1v) is 10.7. The summed E-state index contributed by atoms with van der Waals surface area (Å²) in [7, 11) is 1.23. The molecule has 1 fully saturated rings. The van der Waals surface area contributed by atoms with Crippen molar-refractivity contribution in [2.45, 2.75) is 32.6 Å². The van der Waals surface area contributed by atoms with Gasteiger partial charge in [-0.2, -0.15) is 5.48 Å². The van der Waals surface area contributed by atoms with E-state index in [1.54, 1.807) is 12.1 Å². The van der Waals surface area contributed by atoms with Crippen molar-refractivity contribution in [1.29, 1.82) is 0 Å². The van der Waals surface area contributed by atoms with Gasteiger partial charge in [0.25, 0.3) is 5.91 Å². The first-order valence-electron chi connectivity index (χ1n) is 10.7. The lowest BCUT2D eigenvalue weighted by Gasteiger charge is -2.08. The van der Waals surface area contributed by atoms with E-state index < -0.39 is 18.0 Å². The van der Waals surface area contributed by atoms with Crippen LogP contribution in [0.25, 0.3) is 0 Å². The Morgan fingerprint density at radius 2 is 1.73 bits per heavy atom. The summed E-state index contributed by atoms with van der Waals surface area (Å²) in [5.74, 6) is -0.532. The van der Waals surface area contributed by atoms with Gasteiger partial charge >= 0.3 is 12.1 Å². The van der Waals surface area contributed by atoms with Gasteiger partial charge in [-0.25, -0.2) is 9.59 Å².